The number of rotatable bonds is 4. The number of nitrogens with two attached hydrogens (primary N) is 1. The highest BCUT2D eigenvalue weighted by atomic mass is 16.2. The first-order valence-corrected chi connectivity index (χ1v) is 7.84. The summed E-state index contributed by atoms with van der Waals surface area (Å²) in [5, 5.41) is 4.44. The van der Waals surface area contributed by atoms with Crippen molar-refractivity contribution in [2.75, 3.05) is 13.1 Å². The number of carbonyl (C=O) groups excluding carboxylic acids is 1. The fraction of sp³-hybridized carbons (Fsp3) is 0.750. The summed E-state index contributed by atoms with van der Waals surface area (Å²) in [6.45, 7) is 9.71. The van der Waals surface area contributed by atoms with Crippen LogP contribution >= 0.6 is 0 Å². The van der Waals surface area contributed by atoms with Gasteiger partial charge in [-0.1, -0.05) is 6.92 Å². The molecule has 2 rings (SSSR count). The van der Waals surface area contributed by atoms with Crippen molar-refractivity contribution in [2.45, 2.75) is 46.6 Å². The summed E-state index contributed by atoms with van der Waals surface area (Å²) in [6.07, 6.45) is 1.79. The van der Waals surface area contributed by atoms with Crippen molar-refractivity contribution >= 4 is 5.91 Å². The lowest BCUT2D eigenvalue weighted by atomic mass is 9.98. The maximum absolute atomic E-state index is 12.7. The number of aromatic nitrogens is 2. The predicted octanol–water partition coefficient (Wildman–Crippen LogP) is 1.41. The van der Waals surface area contributed by atoms with E-state index in [0.717, 1.165) is 30.8 Å². The van der Waals surface area contributed by atoms with Crippen LogP contribution in [-0.4, -0.2) is 39.7 Å². The van der Waals surface area contributed by atoms with E-state index < -0.39 is 0 Å². The Morgan fingerprint density at radius 2 is 2.14 bits per heavy atom. The second kappa shape index (κ2) is 6.18. The smallest absolute Gasteiger partial charge is 0.225 e. The molecular formula is C16H28N4O. The molecule has 0 spiro atoms. The second-order valence-electron chi connectivity index (χ2n) is 6.56. The molecule has 5 nitrogen and oxygen atoms in total. The van der Waals surface area contributed by atoms with E-state index in [0.29, 0.717) is 18.5 Å². The fourth-order valence-electron chi connectivity index (χ4n) is 3.41. The molecule has 21 heavy (non-hydrogen) atoms. The highest BCUT2D eigenvalue weighted by Gasteiger charge is 2.34. The lowest BCUT2D eigenvalue weighted by Crippen LogP contribution is -2.38. The van der Waals surface area contributed by atoms with Crippen molar-refractivity contribution in [1.29, 1.82) is 0 Å². The molecule has 5 heteroatoms. The zero-order valence-electron chi connectivity index (χ0n) is 13.9. The van der Waals surface area contributed by atoms with Crippen molar-refractivity contribution in [3.63, 3.8) is 0 Å². The first kappa shape index (κ1) is 16.0. The van der Waals surface area contributed by atoms with Crippen LogP contribution in [0.15, 0.2) is 0 Å². The van der Waals surface area contributed by atoms with Gasteiger partial charge in [0.05, 0.1) is 5.69 Å². The van der Waals surface area contributed by atoms with E-state index in [2.05, 4.69) is 18.9 Å². The molecule has 1 aliphatic heterocycles. The molecule has 1 aromatic heterocycles. The van der Waals surface area contributed by atoms with Crippen LogP contribution in [-0.2, 0) is 18.3 Å². The van der Waals surface area contributed by atoms with Gasteiger partial charge < -0.3 is 10.6 Å². The Bertz CT molecular complexity index is 523. The monoisotopic (exact) mass is 292 g/mol. The first-order chi connectivity index (χ1) is 9.85. The number of carbonyl (C=O) groups is 1. The number of aryl methyl sites for hydroxylation is 2. The molecule has 2 N–H and O–H groups in total. The van der Waals surface area contributed by atoms with Gasteiger partial charge in [0.25, 0.3) is 0 Å². The summed E-state index contributed by atoms with van der Waals surface area (Å²) in [5.74, 6) is 0.699. The Balaban J connectivity index is 2.06. The Labute approximate surface area is 127 Å². The van der Waals surface area contributed by atoms with E-state index in [4.69, 9.17) is 5.73 Å². The Morgan fingerprint density at radius 3 is 2.62 bits per heavy atom. The van der Waals surface area contributed by atoms with Crippen molar-refractivity contribution in [1.82, 2.24) is 14.7 Å². The topological polar surface area (TPSA) is 64.2 Å². The minimum atomic E-state index is -0.00873. The molecule has 3 unspecified atom stereocenters. The number of likely N-dealkylation sites (tertiary alicyclic amines) is 1. The molecule has 1 aliphatic rings. The molecule has 0 aliphatic carbocycles. The van der Waals surface area contributed by atoms with Crippen LogP contribution in [0.5, 0.6) is 0 Å². The van der Waals surface area contributed by atoms with Gasteiger partial charge in [0.2, 0.25) is 5.91 Å². The van der Waals surface area contributed by atoms with E-state index in [-0.39, 0.29) is 11.8 Å². The van der Waals surface area contributed by atoms with Crippen molar-refractivity contribution in [3.05, 3.63) is 17.0 Å². The number of hydrogen-bond acceptors (Lipinski definition) is 3. The average Bonchev–Trinajstić information content (AvgIpc) is 2.93. The van der Waals surface area contributed by atoms with Crippen molar-refractivity contribution < 1.29 is 4.79 Å². The molecule has 0 aromatic carbocycles. The van der Waals surface area contributed by atoms with Crippen LogP contribution in [0.1, 0.15) is 37.2 Å². The molecule has 2 heterocycles. The van der Waals surface area contributed by atoms with Crippen LogP contribution in [0.4, 0.5) is 0 Å². The fourth-order valence-corrected chi connectivity index (χ4v) is 3.41. The zero-order chi connectivity index (χ0) is 15.7. The van der Waals surface area contributed by atoms with Gasteiger partial charge in [-0.25, -0.2) is 0 Å². The summed E-state index contributed by atoms with van der Waals surface area (Å²) in [5.41, 5.74) is 9.15. The van der Waals surface area contributed by atoms with E-state index in [1.165, 1.54) is 5.56 Å². The molecule has 0 bridgehead atoms. The third-order valence-corrected chi connectivity index (χ3v) is 4.87. The van der Waals surface area contributed by atoms with Crippen LogP contribution in [0, 0.1) is 25.7 Å². The minimum absolute atomic E-state index is 0.00873. The Kier molecular flexibility index (Phi) is 4.71. The summed E-state index contributed by atoms with van der Waals surface area (Å²) < 4.78 is 1.89. The third kappa shape index (κ3) is 3.12. The maximum atomic E-state index is 12.7. The number of hydrogen-bond donors (Lipinski definition) is 1. The predicted molar refractivity (Wildman–Crippen MR) is 83.9 cm³/mol. The van der Waals surface area contributed by atoms with Gasteiger partial charge in [-0.15, -0.1) is 0 Å². The summed E-state index contributed by atoms with van der Waals surface area (Å²) in [6, 6.07) is 0.310. The Hall–Kier alpha value is -1.36. The van der Waals surface area contributed by atoms with E-state index in [1.54, 1.807) is 0 Å². The van der Waals surface area contributed by atoms with Crippen molar-refractivity contribution in [3.8, 4) is 0 Å². The molecule has 1 amide bonds. The highest BCUT2D eigenvalue weighted by molar-refractivity contribution is 5.79. The molecule has 0 saturated carbocycles. The third-order valence-electron chi connectivity index (χ3n) is 4.87. The largest absolute Gasteiger partial charge is 0.339 e. The average molecular weight is 292 g/mol. The van der Waals surface area contributed by atoms with Crippen LogP contribution in [0.25, 0.3) is 0 Å². The molecule has 0 radical (unpaired) electrons. The standard InChI is InChI=1S/C16H28N4O/c1-10(6-15-12(3)18-19(5)13(15)4)16(21)20-9-14(8-17)7-11(20)2/h10-11,14H,6-9,17H2,1-5H3. The van der Waals surface area contributed by atoms with Gasteiger partial charge in [0.15, 0.2) is 0 Å². The molecular weight excluding hydrogens is 264 g/mol. The van der Waals surface area contributed by atoms with Gasteiger partial charge in [0, 0.05) is 31.2 Å². The normalized spacial score (nSPS) is 23.6. The molecule has 1 saturated heterocycles. The van der Waals surface area contributed by atoms with Gasteiger partial charge in [-0.05, 0) is 51.6 Å². The molecule has 1 aromatic rings. The molecule has 1 fully saturated rings. The molecule has 3 atom stereocenters. The second-order valence-corrected chi connectivity index (χ2v) is 6.56. The van der Waals surface area contributed by atoms with E-state index >= 15 is 0 Å². The van der Waals surface area contributed by atoms with Gasteiger partial charge in [-0.2, -0.15) is 5.10 Å². The summed E-state index contributed by atoms with van der Waals surface area (Å²) in [7, 11) is 1.95. The maximum Gasteiger partial charge on any atom is 0.225 e. The zero-order valence-corrected chi connectivity index (χ0v) is 13.9. The van der Waals surface area contributed by atoms with Crippen molar-refractivity contribution in [2.24, 2.45) is 24.6 Å². The van der Waals surface area contributed by atoms with Crippen LogP contribution < -0.4 is 5.73 Å². The Morgan fingerprint density at radius 1 is 1.48 bits per heavy atom. The van der Waals surface area contributed by atoms with Gasteiger partial charge >= 0.3 is 0 Å². The SMILES string of the molecule is Cc1nn(C)c(C)c1CC(C)C(=O)N1CC(CN)CC1C. The highest BCUT2D eigenvalue weighted by Crippen LogP contribution is 2.26. The number of amides is 1. The quantitative estimate of drug-likeness (QED) is 0.912. The summed E-state index contributed by atoms with van der Waals surface area (Å²) >= 11 is 0. The lowest BCUT2D eigenvalue weighted by molar-refractivity contribution is -0.135. The first-order valence-electron chi connectivity index (χ1n) is 7.84. The number of nitrogens with zero attached hydrogens (tertiary/aromatic N) is 3. The summed E-state index contributed by atoms with van der Waals surface area (Å²) in [4.78, 5) is 14.7. The molecule has 118 valence electrons. The van der Waals surface area contributed by atoms with E-state index in [9.17, 15) is 4.79 Å². The van der Waals surface area contributed by atoms with Gasteiger partial charge in [0.1, 0.15) is 0 Å². The van der Waals surface area contributed by atoms with E-state index in [1.807, 2.05) is 30.5 Å². The minimum Gasteiger partial charge on any atom is -0.339 e. The lowest BCUT2D eigenvalue weighted by Gasteiger charge is -2.25. The van der Waals surface area contributed by atoms with Crippen LogP contribution in [0.3, 0.4) is 0 Å². The van der Waals surface area contributed by atoms with Crippen LogP contribution in [0.2, 0.25) is 0 Å². The van der Waals surface area contributed by atoms with Gasteiger partial charge in [-0.3, -0.25) is 9.48 Å².